The Kier molecular flexibility index (Phi) is 5.57. The van der Waals surface area contributed by atoms with Crippen LogP contribution in [0.5, 0.6) is 0 Å². The molecule has 0 aliphatic rings. The van der Waals surface area contributed by atoms with Gasteiger partial charge in [-0.05, 0) is 55.3 Å². The van der Waals surface area contributed by atoms with Crippen molar-refractivity contribution < 1.29 is 0 Å². The molecule has 2 atom stereocenters. The fourth-order valence-corrected chi connectivity index (χ4v) is 1.38. The van der Waals surface area contributed by atoms with Crippen molar-refractivity contribution in [2.24, 2.45) is 0 Å². The fraction of sp³-hybridized carbons (Fsp3) is 1.00. The summed E-state index contributed by atoms with van der Waals surface area (Å²) in [7, 11) is 6.50. The lowest BCUT2D eigenvalue weighted by molar-refractivity contribution is 0.164. The van der Waals surface area contributed by atoms with Crippen LogP contribution in [0.1, 0.15) is 34.1 Å². The summed E-state index contributed by atoms with van der Waals surface area (Å²) >= 11 is 0. The molecule has 0 saturated carbocycles. The molecule has 2 nitrogen and oxygen atoms in total. The first-order valence-corrected chi connectivity index (χ1v) is 5.24. The Labute approximate surface area is 83.9 Å². The smallest absolute Gasteiger partial charge is 0.00813 e. The third-order valence-electron chi connectivity index (χ3n) is 3.07. The lowest BCUT2D eigenvalue weighted by atomic mass is 10.1. The number of nitrogens with zero attached hydrogens (tertiary/aromatic N) is 2. The quantitative estimate of drug-likeness (QED) is 0.648. The largest absolute Gasteiger partial charge is 0.307 e. The number of hydrogen-bond acceptors (Lipinski definition) is 2. The standard InChI is InChI=1S/C11H26N2/c1-9(2)13(7)11(4)8-10(3)12(5)6/h9-11H,8H2,1-7H3. The summed E-state index contributed by atoms with van der Waals surface area (Å²) < 4.78 is 0. The van der Waals surface area contributed by atoms with Gasteiger partial charge in [0.2, 0.25) is 0 Å². The predicted octanol–water partition coefficient (Wildman–Crippen LogP) is 2.06. The van der Waals surface area contributed by atoms with Crippen molar-refractivity contribution in [3.05, 3.63) is 0 Å². The first-order valence-electron chi connectivity index (χ1n) is 5.24. The van der Waals surface area contributed by atoms with E-state index in [4.69, 9.17) is 0 Å². The lowest BCUT2D eigenvalue weighted by Gasteiger charge is -2.32. The van der Waals surface area contributed by atoms with Crippen LogP contribution in [0.2, 0.25) is 0 Å². The average Bonchev–Trinajstić information content (AvgIpc) is 2.02. The second-order valence-corrected chi connectivity index (χ2v) is 4.66. The Morgan fingerprint density at radius 1 is 0.846 bits per heavy atom. The van der Waals surface area contributed by atoms with Gasteiger partial charge in [0.15, 0.2) is 0 Å². The SMILES string of the molecule is CC(CC(C)N(C)C(C)C)N(C)C. The Morgan fingerprint density at radius 2 is 1.31 bits per heavy atom. The Hall–Kier alpha value is -0.0800. The van der Waals surface area contributed by atoms with E-state index in [-0.39, 0.29) is 0 Å². The van der Waals surface area contributed by atoms with E-state index in [2.05, 4.69) is 58.6 Å². The van der Waals surface area contributed by atoms with E-state index < -0.39 is 0 Å². The molecule has 13 heavy (non-hydrogen) atoms. The second kappa shape index (κ2) is 5.61. The second-order valence-electron chi connectivity index (χ2n) is 4.66. The van der Waals surface area contributed by atoms with Gasteiger partial charge in [-0.25, -0.2) is 0 Å². The molecule has 0 aliphatic carbocycles. The lowest BCUT2D eigenvalue weighted by Crippen LogP contribution is -2.39. The first-order chi connectivity index (χ1) is 5.86. The van der Waals surface area contributed by atoms with Gasteiger partial charge in [-0.3, -0.25) is 0 Å². The molecule has 0 fully saturated rings. The van der Waals surface area contributed by atoms with Gasteiger partial charge in [0.1, 0.15) is 0 Å². The highest BCUT2D eigenvalue weighted by atomic mass is 15.2. The maximum Gasteiger partial charge on any atom is 0.00813 e. The van der Waals surface area contributed by atoms with Gasteiger partial charge in [-0.1, -0.05) is 0 Å². The minimum Gasteiger partial charge on any atom is -0.307 e. The van der Waals surface area contributed by atoms with E-state index in [0.29, 0.717) is 18.1 Å². The van der Waals surface area contributed by atoms with Crippen LogP contribution in [0.4, 0.5) is 0 Å². The van der Waals surface area contributed by atoms with E-state index in [1.807, 2.05) is 0 Å². The average molecular weight is 186 g/mol. The van der Waals surface area contributed by atoms with Crippen LogP contribution in [0.3, 0.4) is 0 Å². The molecule has 0 amide bonds. The van der Waals surface area contributed by atoms with Gasteiger partial charge >= 0.3 is 0 Å². The summed E-state index contributed by atoms with van der Waals surface area (Å²) in [4.78, 5) is 4.71. The van der Waals surface area contributed by atoms with Crippen molar-refractivity contribution in [3.63, 3.8) is 0 Å². The monoisotopic (exact) mass is 186 g/mol. The van der Waals surface area contributed by atoms with Crippen LogP contribution in [0.15, 0.2) is 0 Å². The third kappa shape index (κ3) is 4.63. The van der Waals surface area contributed by atoms with Crippen LogP contribution < -0.4 is 0 Å². The van der Waals surface area contributed by atoms with E-state index in [0.717, 1.165) is 0 Å². The normalized spacial score (nSPS) is 17.1. The van der Waals surface area contributed by atoms with Crippen molar-refractivity contribution in [1.29, 1.82) is 0 Å². The van der Waals surface area contributed by atoms with Gasteiger partial charge < -0.3 is 9.80 Å². The van der Waals surface area contributed by atoms with Crippen LogP contribution in [-0.2, 0) is 0 Å². The first kappa shape index (κ1) is 12.9. The van der Waals surface area contributed by atoms with E-state index in [1.165, 1.54) is 6.42 Å². The summed E-state index contributed by atoms with van der Waals surface area (Å²) in [6, 6.07) is 1.97. The minimum atomic E-state index is 0.643. The van der Waals surface area contributed by atoms with Crippen molar-refractivity contribution in [2.45, 2.75) is 52.2 Å². The Bertz CT molecular complexity index is 132. The zero-order chi connectivity index (χ0) is 10.6. The summed E-state index contributed by atoms with van der Waals surface area (Å²) in [5, 5.41) is 0. The molecular weight excluding hydrogens is 160 g/mol. The highest BCUT2D eigenvalue weighted by molar-refractivity contribution is 4.72. The highest BCUT2D eigenvalue weighted by Gasteiger charge is 2.16. The summed E-state index contributed by atoms with van der Waals surface area (Å²) in [6.07, 6.45) is 1.24. The van der Waals surface area contributed by atoms with Gasteiger partial charge in [-0.15, -0.1) is 0 Å². The molecule has 2 unspecified atom stereocenters. The predicted molar refractivity (Wildman–Crippen MR) is 60.1 cm³/mol. The molecule has 0 aromatic rings. The van der Waals surface area contributed by atoms with Gasteiger partial charge in [0, 0.05) is 18.1 Å². The van der Waals surface area contributed by atoms with Crippen LogP contribution >= 0.6 is 0 Å². The third-order valence-corrected chi connectivity index (χ3v) is 3.07. The molecule has 80 valence electrons. The van der Waals surface area contributed by atoms with Crippen LogP contribution in [0.25, 0.3) is 0 Å². The van der Waals surface area contributed by atoms with Crippen molar-refractivity contribution in [1.82, 2.24) is 9.80 Å². The topological polar surface area (TPSA) is 6.48 Å². The number of rotatable bonds is 5. The van der Waals surface area contributed by atoms with Gasteiger partial charge in [0.25, 0.3) is 0 Å². The molecule has 0 rings (SSSR count). The fourth-order valence-electron chi connectivity index (χ4n) is 1.38. The summed E-state index contributed by atoms with van der Waals surface area (Å²) in [5.41, 5.74) is 0. The molecule has 0 saturated heterocycles. The molecule has 0 aromatic heterocycles. The maximum atomic E-state index is 2.43. The highest BCUT2D eigenvalue weighted by Crippen LogP contribution is 2.10. The Morgan fingerprint density at radius 3 is 1.62 bits per heavy atom. The molecule has 0 bridgehead atoms. The maximum absolute atomic E-state index is 2.43. The van der Waals surface area contributed by atoms with E-state index in [1.54, 1.807) is 0 Å². The molecule has 0 spiro atoms. The number of hydrogen-bond donors (Lipinski definition) is 0. The molecule has 0 N–H and O–H groups in total. The van der Waals surface area contributed by atoms with E-state index >= 15 is 0 Å². The molecule has 0 heterocycles. The molecular formula is C11H26N2. The van der Waals surface area contributed by atoms with Crippen LogP contribution in [0, 0.1) is 0 Å². The minimum absolute atomic E-state index is 0.643. The molecule has 0 radical (unpaired) electrons. The zero-order valence-electron chi connectivity index (χ0n) is 10.3. The van der Waals surface area contributed by atoms with Crippen molar-refractivity contribution >= 4 is 0 Å². The Balaban J connectivity index is 3.92. The van der Waals surface area contributed by atoms with Gasteiger partial charge in [-0.2, -0.15) is 0 Å². The molecule has 0 aliphatic heterocycles. The van der Waals surface area contributed by atoms with Crippen LogP contribution in [-0.4, -0.2) is 49.1 Å². The summed E-state index contributed by atoms with van der Waals surface area (Å²) in [6.45, 7) is 9.08. The van der Waals surface area contributed by atoms with E-state index in [9.17, 15) is 0 Å². The molecule has 2 heteroatoms. The zero-order valence-corrected chi connectivity index (χ0v) is 10.3. The van der Waals surface area contributed by atoms with Crippen molar-refractivity contribution in [2.75, 3.05) is 21.1 Å². The molecule has 0 aromatic carbocycles. The van der Waals surface area contributed by atoms with Gasteiger partial charge in [0.05, 0.1) is 0 Å². The summed E-state index contributed by atoms with van der Waals surface area (Å²) in [5.74, 6) is 0. The van der Waals surface area contributed by atoms with Crippen molar-refractivity contribution in [3.8, 4) is 0 Å².